The molecule has 0 spiro atoms. The van der Waals surface area contributed by atoms with Crippen molar-refractivity contribution >= 4 is 17.5 Å². The van der Waals surface area contributed by atoms with E-state index in [1.807, 2.05) is 0 Å². The lowest BCUT2D eigenvalue weighted by molar-refractivity contribution is -0.143. The maximum absolute atomic E-state index is 12.5. The van der Waals surface area contributed by atoms with Crippen molar-refractivity contribution in [2.24, 2.45) is 11.8 Å². The Bertz CT molecular complexity index is 933. The summed E-state index contributed by atoms with van der Waals surface area (Å²) in [6, 6.07) is 2.38. The van der Waals surface area contributed by atoms with Crippen LogP contribution in [0.3, 0.4) is 0 Å². The number of ketones is 1. The zero-order chi connectivity index (χ0) is 22.6. The van der Waals surface area contributed by atoms with E-state index >= 15 is 0 Å². The lowest BCUT2D eigenvalue weighted by atomic mass is 9.97. The summed E-state index contributed by atoms with van der Waals surface area (Å²) in [5, 5.41) is 5.81. The van der Waals surface area contributed by atoms with Gasteiger partial charge in [-0.3, -0.25) is 9.59 Å². The summed E-state index contributed by atoms with van der Waals surface area (Å²) < 4.78 is 37.4. The van der Waals surface area contributed by atoms with E-state index in [-0.39, 0.29) is 14.7 Å². The molecule has 7 nitrogen and oxygen atoms in total. The second-order valence-corrected chi connectivity index (χ2v) is 8.17. The number of nitrogens with one attached hydrogen (secondary N) is 3. The predicted octanol–water partition coefficient (Wildman–Crippen LogP) is 4.45. The molecule has 0 unspecified atom stereocenters. The summed E-state index contributed by atoms with van der Waals surface area (Å²) in [5.41, 5.74) is 0.977. The summed E-state index contributed by atoms with van der Waals surface area (Å²) in [7, 11) is 0. The fourth-order valence-electron chi connectivity index (χ4n) is 3.09. The highest BCUT2D eigenvalue weighted by Crippen LogP contribution is 2.28. The average molecular weight is 441 g/mol. The Balaban J connectivity index is 0.00000272. The Labute approximate surface area is 181 Å². The average Bonchev–Trinajstić information content (AvgIpc) is 3.41. The number of carbonyl (C=O) groups excluding carboxylic acids is 2. The molecule has 0 aromatic carbocycles. The van der Waals surface area contributed by atoms with Crippen molar-refractivity contribution in [1.82, 2.24) is 20.3 Å². The maximum Gasteiger partial charge on any atom is 0.389 e. The van der Waals surface area contributed by atoms with Crippen LogP contribution in [0.2, 0.25) is 0 Å². The third kappa shape index (κ3) is 6.80. The molecule has 0 saturated heterocycles. The van der Waals surface area contributed by atoms with Crippen LogP contribution in [0.15, 0.2) is 24.5 Å². The molecule has 31 heavy (non-hydrogen) atoms. The minimum atomic E-state index is -4.38. The van der Waals surface area contributed by atoms with Crippen molar-refractivity contribution in [3.8, 4) is 11.4 Å². The van der Waals surface area contributed by atoms with Crippen LogP contribution in [0.4, 0.5) is 19.0 Å². The highest BCUT2D eigenvalue weighted by molar-refractivity contribution is 5.93. The molecule has 1 saturated carbocycles. The van der Waals surface area contributed by atoms with Crippen LogP contribution >= 0.6 is 0 Å². The number of Topliss-reactive ketones (excluding diaryl/α,β-unsaturated/α-hetero) is 1. The maximum atomic E-state index is 12.5. The Morgan fingerprint density at radius 1 is 1.32 bits per heavy atom. The highest BCUT2D eigenvalue weighted by atomic mass is 19.4. The minimum Gasteiger partial charge on any atom is -0.360 e. The number of H-pyrrole nitrogens is 1. The molecule has 0 aliphatic heterocycles. The first-order valence-electron chi connectivity index (χ1n) is 10.3. The van der Waals surface area contributed by atoms with Gasteiger partial charge in [0, 0.05) is 33.8 Å². The second-order valence-electron chi connectivity index (χ2n) is 8.17. The fourth-order valence-corrected chi connectivity index (χ4v) is 3.09. The molecule has 2 heterocycles. The van der Waals surface area contributed by atoms with Gasteiger partial charge in [-0.15, -0.1) is 0 Å². The van der Waals surface area contributed by atoms with Gasteiger partial charge in [0.15, 0.2) is 11.6 Å². The SMILES string of the molecule is CC(C)[C@@H](Nc1ccnc(-c2c[nH]c(C(=O)NCC3CC3)c2)n1)C(=O)CCC(F)(F)F.[HH].[HH]. The van der Waals surface area contributed by atoms with E-state index in [1.54, 1.807) is 32.2 Å². The molecule has 172 valence electrons. The molecule has 0 bridgehead atoms. The summed E-state index contributed by atoms with van der Waals surface area (Å²) in [5.74, 6) is 0.259. The largest absolute Gasteiger partial charge is 0.389 e. The molecule has 2 aromatic rings. The standard InChI is InChI=1S/C21H26F3N5O2.2H2/c1-12(2)18(16(30)5-7-21(22,23)24)28-17-6-8-25-19(29-17)14-9-15(26-11-14)20(31)27-10-13-3-4-13;;/h6,8-9,11-13,18,26H,3-5,7,10H2,1-2H3,(H,27,31)(H,25,28,29);2*1H/t18-;;/m1../s1. The number of rotatable bonds is 10. The van der Waals surface area contributed by atoms with Gasteiger partial charge in [0.05, 0.1) is 12.5 Å². The third-order valence-electron chi connectivity index (χ3n) is 5.06. The molecular weight excluding hydrogens is 411 g/mol. The number of hydrogen-bond donors (Lipinski definition) is 3. The van der Waals surface area contributed by atoms with Crippen LogP contribution in [0.1, 0.15) is 52.9 Å². The van der Waals surface area contributed by atoms with Gasteiger partial charge >= 0.3 is 6.18 Å². The molecule has 10 heteroatoms. The third-order valence-corrected chi connectivity index (χ3v) is 5.06. The summed E-state index contributed by atoms with van der Waals surface area (Å²) in [6.45, 7) is 4.16. The van der Waals surface area contributed by atoms with Crippen LogP contribution in [-0.2, 0) is 4.79 Å². The zero-order valence-electron chi connectivity index (χ0n) is 17.4. The van der Waals surface area contributed by atoms with E-state index in [1.165, 1.54) is 6.20 Å². The molecule has 1 fully saturated rings. The normalized spacial score (nSPS) is 15.0. The van der Waals surface area contributed by atoms with Gasteiger partial charge in [-0.1, -0.05) is 13.8 Å². The number of anilines is 1. The number of amides is 1. The zero-order valence-corrected chi connectivity index (χ0v) is 17.4. The van der Waals surface area contributed by atoms with Crippen LogP contribution < -0.4 is 10.6 Å². The first-order chi connectivity index (χ1) is 14.6. The van der Waals surface area contributed by atoms with Crippen molar-refractivity contribution in [2.75, 3.05) is 11.9 Å². The molecular formula is C21H30F3N5O2. The van der Waals surface area contributed by atoms with Gasteiger partial charge in [-0.25, -0.2) is 9.97 Å². The molecule has 1 amide bonds. The quantitative estimate of drug-likeness (QED) is 0.506. The number of nitrogens with zero attached hydrogens (tertiary/aromatic N) is 2. The Kier molecular flexibility index (Phi) is 6.97. The minimum absolute atomic E-state index is 0. The van der Waals surface area contributed by atoms with Crippen LogP contribution in [0, 0.1) is 11.8 Å². The smallest absolute Gasteiger partial charge is 0.360 e. The lowest BCUT2D eigenvalue weighted by Crippen LogP contribution is -2.35. The van der Waals surface area contributed by atoms with Gasteiger partial charge in [-0.2, -0.15) is 13.2 Å². The molecule has 3 N–H and O–H groups in total. The number of aromatic amines is 1. The van der Waals surface area contributed by atoms with Gasteiger partial charge in [0.25, 0.3) is 5.91 Å². The van der Waals surface area contributed by atoms with E-state index in [2.05, 4.69) is 25.6 Å². The van der Waals surface area contributed by atoms with Gasteiger partial charge in [0.2, 0.25) is 0 Å². The number of aromatic nitrogens is 3. The molecule has 0 radical (unpaired) electrons. The topological polar surface area (TPSA) is 99.8 Å². The van der Waals surface area contributed by atoms with Gasteiger partial charge < -0.3 is 15.6 Å². The van der Waals surface area contributed by atoms with Crippen LogP contribution in [-0.4, -0.2) is 45.4 Å². The second kappa shape index (κ2) is 9.49. The Morgan fingerprint density at radius 2 is 2.06 bits per heavy atom. The van der Waals surface area contributed by atoms with Crippen molar-refractivity contribution < 1.29 is 25.6 Å². The Morgan fingerprint density at radius 3 is 2.71 bits per heavy atom. The van der Waals surface area contributed by atoms with Crippen molar-refractivity contribution in [1.29, 1.82) is 0 Å². The van der Waals surface area contributed by atoms with E-state index in [0.717, 1.165) is 12.8 Å². The van der Waals surface area contributed by atoms with E-state index < -0.39 is 30.8 Å². The molecule has 1 aliphatic rings. The van der Waals surface area contributed by atoms with Crippen molar-refractivity contribution in [3.05, 3.63) is 30.2 Å². The number of halogens is 3. The molecule has 2 aromatic heterocycles. The lowest BCUT2D eigenvalue weighted by Gasteiger charge is -2.22. The van der Waals surface area contributed by atoms with Crippen LogP contribution in [0.5, 0.6) is 0 Å². The molecule has 1 atom stereocenters. The van der Waals surface area contributed by atoms with Gasteiger partial charge in [0.1, 0.15) is 11.5 Å². The van der Waals surface area contributed by atoms with E-state index in [4.69, 9.17) is 0 Å². The number of carbonyl (C=O) groups is 2. The monoisotopic (exact) mass is 441 g/mol. The van der Waals surface area contributed by atoms with E-state index in [0.29, 0.717) is 35.4 Å². The van der Waals surface area contributed by atoms with Crippen molar-refractivity contribution in [3.63, 3.8) is 0 Å². The molecule has 1 aliphatic carbocycles. The molecule has 3 rings (SSSR count). The van der Waals surface area contributed by atoms with Crippen LogP contribution in [0.25, 0.3) is 11.4 Å². The summed E-state index contributed by atoms with van der Waals surface area (Å²) in [4.78, 5) is 36.0. The van der Waals surface area contributed by atoms with Gasteiger partial charge in [-0.05, 0) is 36.8 Å². The van der Waals surface area contributed by atoms with Crippen molar-refractivity contribution in [2.45, 2.75) is 51.7 Å². The van der Waals surface area contributed by atoms with E-state index in [9.17, 15) is 22.8 Å². The first-order valence-corrected chi connectivity index (χ1v) is 10.3. The number of alkyl halides is 3. The fraction of sp³-hybridized carbons (Fsp3) is 0.524. The summed E-state index contributed by atoms with van der Waals surface area (Å²) >= 11 is 0. The predicted molar refractivity (Wildman–Crippen MR) is 114 cm³/mol. The Hall–Kier alpha value is -2.91. The first kappa shape index (κ1) is 22.8. The number of hydrogen-bond acceptors (Lipinski definition) is 5. The summed E-state index contributed by atoms with van der Waals surface area (Å²) in [6.07, 6.45) is -0.743. The highest BCUT2D eigenvalue weighted by Gasteiger charge is 2.31.